The molecule has 0 aliphatic rings. The molecule has 0 aromatic carbocycles. The van der Waals surface area contributed by atoms with E-state index in [4.69, 9.17) is 0 Å². The molecule has 0 aliphatic carbocycles. The number of nitro groups is 1. The number of carbonyl (C=O) groups excluding carboxylic acids is 1. The van der Waals surface area contributed by atoms with Crippen molar-refractivity contribution in [3.8, 4) is 0 Å². The van der Waals surface area contributed by atoms with Gasteiger partial charge in [-0.1, -0.05) is 12.1 Å². The van der Waals surface area contributed by atoms with Crippen LogP contribution < -0.4 is 0 Å². The minimum Gasteiger partial charge on any atom is -0.465 e. The van der Waals surface area contributed by atoms with Gasteiger partial charge in [0.25, 0.3) is 5.69 Å². The lowest BCUT2D eigenvalue weighted by Gasteiger charge is -1.91. The topological polar surface area (TPSA) is 82.3 Å². The fourth-order valence-corrected chi connectivity index (χ4v) is 2.45. The van der Waals surface area contributed by atoms with E-state index in [-0.39, 0.29) is 10.6 Å². The smallest absolute Gasteiger partial charge is 0.348 e. The summed E-state index contributed by atoms with van der Waals surface area (Å²) in [6.45, 7) is 0. The zero-order valence-electron chi connectivity index (χ0n) is 10.5. The maximum Gasteiger partial charge on any atom is 0.348 e. The first-order valence-electron chi connectivity index (χ1n) is 5.56. The molecule has 0 unspecified atom stereocenters. The highest BCUT2D eigenvalue weighted by Gasteiger charge is 2.21. The first-order chi connectivity index (χ1) is 9.61. The van der Waals surface area contributed by atoms with Gasteiger partial charge < -0.3 is 4.74 Å². The molecule has 6 nitrogen and oxygen atoms in total. The fraction of sp³-hybridized carbons (Fsp3) is 0.0769. The van der Waals surface area contributed by atoms with E-state index in [1.54, 1.807) is 30.6 Å². The molecule has 0 amide bonds. The molecular formula is C13H10N2O4S. The second-order valence-corrected chi connectivity index (χ2v) is 4.81. The predicted molar refractivity (Wildman–Crippen MR) is 75.5 cm³/mol. The monoisotopic (exact) mass is 290 g/mol. The average Bonchev–Trinajstić information content (AvgIpc) is 2.90. The van der Waals surface area contributed by atoms with Crippen molar-refractivity contribution in [1.82, 2.24) is 4.98 Å². The molecule has 0 saturated heterocycles. The fourth-order valence-electron chi connectivity index (χ4n) is 1.51. The molecule has 2 aromatic heterocycles. The third-order valence-electron chi connectivity index (χ3n) is 2.44. The van der Waals surface area contributed by atoms with Crippen LogP contribution in [0.4, 0.5) is 5.69 Å². The SMILES string of the molecule is COC(=O)c1cc([N+](=O)[O-])c(C=Cc2cccnc2)s1. The molecule has 20 heavy (non-hydrogen) atoms. The molecule has 2 aromatic rings. The zero-order valence-corrected chi connectivity index (χ0v) is 11.3. The summed E-state index contributed by atoms with van der Waals surface area (Å²) in [7, 11) is 1.24. The van der Waals surface area contributed by atoms with E-state index in [0.717, 1.165) is 16.9 Å². The van der Waals surface area contributed by atoms with Crippen molar-refractivity contribution in [1.29, 1.82) is 0 Å². The molecule has 2 heterocycles. The van der Waals surface area contributed by atoms with Crippen molar-refractivity contribution in [2.45, 2.75) is 0 Å². The first kappa shape index (κ1) is 13.9. The van der Waals surface area contributed by atoms with Crippen molar-refractivity contribution in [3.63, 3.8) is 0 Å². The average molecular weight is 290 g/mol. The summed E-state index contributed by atoms with van der Waals surface area (Å²) in [5, 5.41) is 11.0. The molecule has 0 saturated carbocycles. The Labute approximate surface area is 118 Å². The van der Waals surface area contributed by atoms with Gasteiger partial charge in [0.05, 0.1) is 12.0 Å². The summed E-state index contributed by atoms with van der Waals surface area (Å²) in [5.74, 6) is -0.584. The molecular weight excluding hydrogens is 280 g/mol. The number of methoxy groups -OCH3 is 1. The number of carbonyl (C=O) groups is 1. The van der Waals surface area contributed by atoms with Crippen LogP contribution in [0.1, 0.15) is 20.1 Å². The van der Waals surface area contributed by atoms with Gasteiger partial charge in [0.15, 0.2) is 0 Å². The summed E-state index contributed by atoms with van der Waals surface area (Å²) in [6, 6.07) is 4.81. The minimum atomic E-state index is -0.584. The highest BCUT2D eigenvalue weighted by Crippen LogP contribution is 2.31. The quantitative estimate of drug-likeness (QED) is 0.491. The molecule has 7 heteroatoms. The Morgan fingerprint density at radius 1 is 1.50 bits per heavy atom. The van der Waals surface area contributed by atoms with Crippen LogP contribution in [0, 0.1) is 10.1 Å². The van der Waals surface area contributed by atoms with Crippen LogP contribution in [0.2, 0.25) is 0 Å². The number of esters is 1. The van der Waals surface area contributed by atoms with E-state index in [2.05, 4.69) is 9.72 Å². The summed E-state index contributed by atoms with van der Waals surface area (Å²) in [5.41, 5.74) is 0.699. The van der Waals surface area contributed by atoms with Crippen LogP contribution in [0.25, 0.3) is 12.2 Å². The van der Waals surface area contributed by atoms with E-state index >= 15 is 0 Å². The van der Waals surface area contributed by atoms with Gasteiger partial charge in [0.1, 0.15) is 9.75 Å². The Kier molecular flexibility index (Phi) is 4.21. The predicted octanol–water partition coefficient (Wildman–Crippen LogP) is 3.01. The van der Waals surface area contributed by atoms with Crippen molar-refractivity contribution in [2.75, 3.05) is 7.11 Å². The maximum absolute atomic E-state index is 11.4. The summed E-state index contributed by atoms with van der Waals surface area (Å²) < 4.78 is 4.56. The van der Waals surface area contributed by atoms with Gasteiger partial charge in [-0.2, -0.15) is 0 Å². The molecule has 0 spiro atoms. The number of nitrogens with zero attached hydrogens (tertiary/aromatic N) is 2. The van der Waals surface area contributed by atoms with E-state index in [1.807, 2.05) is 6.07 Å². The summed E-state index contributed by atoms with van der Waals surface area (Å²) in [6.07, 6.45) is 6.57. The number of aromatic nitrogens is 1. The molecule has 0 radical (unpaired) electrons. The highest BCUT2D eigenvalue weighted by molar-refractivity contribution is 7.15. The minimum absolute atomic E-state index is 0.115. The van der Waals surface area contributed by atoms with Gasteiger partial charge >= 0.3 is 5.97 Å². The summed E-state index contributed by atoms with van der Waals surface area (Å²) >= 11 is 1.02. The van der Waals surface area contributed by atoms with Gasteiger partial charge in [-0.05, 0) is 17.7 Å². The van der Waals surface area contributed by atoms with Crippen molar-refractivity contribution in [3.05, 3.63) is 56.0 Å². The second-order valence-electron chi connectivity index (χ2n) is 3.73. The molecule has 0 bridgehead atoms. The lowest BCUT2D eigenvalue weighted by atomic mass is 10.2. The first-order valence-corrected chi connectivity index (χ1v) is 6.38. The molecule has 0 aliphatic heterocycles. The summed E-state index contributed by atoms with van der Waals surface area (Å²) in [4.78, 5) is 26.4. The lowest BCUT2D eigenvalue weighted by Crippen LogP contribution is -1.97. The molecule has 102 valence electrons. The van der Waals surface area contributed by atoms with Gasteiger partial charge in [-0.3, -0.25) is 15.1 Å². The number of pyridine rings is 1. The van der Waals surface area contributed by atoms with Gasteiger partial charge in [-0.15, -0.1) is 11.3 Å². The Bertz CT molecular complexity index is 664. The van der Waals surface area contributed by atoms with Crippen LogP contribution in [-0.4, -0.2) is 23.0 Å². The van der Waals surface area contributed by atoms with Crippen molar-refractivity contribution in [2.24, 2.45) is 0 Å². The second kappa shape index (κ2) is 6.07. The number of hydrogen-bond acceptors (Lipinski definition) is 6. The lowest BCUT2D eigenvalue weighted by molar-refractivity contribution is -0.384. The number of hydrogen-bond donors (Lipinski definition) is 0. The maximum atomic E-state index is 11.4. The van der Waals surface area contributed by atoms with Crippen molar-refractivity contribution < 1.29 is 14.5 Å². The molecule has 0 N–H and O–H groups in total. The number of thiophene rings is 1. The van der Waals surface area contributed by atoms with Crippen LogP contribution >= 0.6 is 11.3 Å². The molecule has 0 fully saturated rings. The van der Waals surface area contributed by atoms with E-state index < -0.39 is 10.9 Å². The van der Waals surface area contributed by atoms with E-state index in [0.29, 0.717) is 4.88 Å². The van der Waals surface area contributed by atoms with E-state index in [9.17, 15) is 14.9 Å². The van der Waals surface area contributed by atoms with Crippen LogP contribution in [0.3, 0.4) is 0 Å². The standard InChI is InChI=1S/C13H10N2O4S/c1-19-13(16)12-7-10(15(17)18)11(20-12)5-4-9-3-2-6-14-8-9/h2-8H,1H3. The molecule has 2 rings (SSSR count). The Morgan fingerprint density at radius 3 is 2.90 bits per heavy atom. The van der Waals surface area contributed by atoms with Gasteiger partial charge in [0, 0.05) is 18.5 Å². The Morgan fingerprint density at radius 2 is 2.30 bits per heavy atom. The van der Waals surface area contributed by atoms with Crippen molar-refractivity contribution >= 4 is 35.1 Å². The largest absolute Gasteiger partial charge is 0.465 e. The third-order valence-corrected chi connectivity index (χ3v) is 3.50. The highest BCUT2D eigenvalue weighted by atomic mass is 32.1. The Hall–Kier alpha value is -2.54. The van der Waals surface area contributed by atoms with Crippen LogP contribution in [-0.2, 0) is 4.74 Å². The van der Waals surface area contributed by atoms with Crippen LogP contribution in [0.5, 0.6) is 0 Å². The third kappa shape index (κ3) is 3.07. The number of ether oxygens (including phenoxy) is 1. The van der Waals surface area contributed by atoms with Gasteiger partial charge in [0.2, 0.25) is 0 Å². The Balaban J connectivity index is 2.35. The number of rotatable bonds is 4. The van der Waals surface area contributed by atoms with Gasteiger partial charge in [-0.25, -0.2) is 4.79 Å². The normalized spacial score (nSPS) is 10.7. The van der Waals surface area contributed by atoms with E-state index in [1.165, 1.54) is 13.2 Å². The van der Waals surface area contributed by atoms with Crippen LogP contribution in [0.15, 0.2) is 30.6 Å². The zero-order chi connectivity index (χ0) is 14.5. The molecule has 0 atom stereocenters.